The van der Waals surface area contributed by atoms with E-state index in [2.05, 4.69) is 26.7 Å². The van der Waals surface area contributed by atoms with Gasteiger partial charge in [0, 0.05) is 18.0 Å². The highest BCUT2D eigenvalue weighted by atomic mass is 32.1. The summed E-state index contributed by atoms with van der Waals surface area (Å²) in [7, 11) is 0. The number of hydrogen-bond acceptors (Lipinski definition) is 5. The quantitative estimate of drug-likeness (QED) is 0.748. The fourth-order valence-corrected chi connectivity index (χ4v) is 1.95. The van der Waals surface area contributed by atoms with Crippen LogP contribution in [-0.2, 0) is 0 Å². The summed E-state index contributed by atoms with van der Waals surface area (Å²) in [5.74, 6) is 0.578. The van der Waals surface area contributed by atoms with E-state index < -0.39 is 0 Å². The third-order valence-electron chi connectivity index (χ3n) is 2.33. The maximum atomic E-state index is 5.60. The molecule has 0 aliphatic rings. The molecule has 0 unspecified atom stereocenters. The first-order chi connectivity index (χ1) is 8.92. The van der Waals surface area contributed by atoms with Crippen molar-refractivity contribution in [2.24, 2.45) is 0 Å². The largest absolute Gasteiger partial charge is 0.471 e. The normalized spacial score (nSPS) is 10.9. The number of unbranched alkanes of at least 4 members (excludes halogenated alkanes) is 1. The maximum Gasteiger partial charge on any atom is 0.254 e. The zero-order chi connectivity index (χ0) is 12.6. The molecule has 2 aromatic rings. The highest BCUT2D eigenvalue weighted by molar-refractivity contribution is 6.99. The highest BCUT2D eigenvalue weighted by Crippen LogP contribution is 2.26. The summed E-state index contributed by atoms with van der Waals surface area (Å²) < 4.78 is 14.0. The molecule has 5 heteroatoms. The molecule has 0 atom stereocenters. The molecular formula is C13H15N3OS. The third kappa shape index (κ3) is 3.37. The van der Waals surface area contributed by atoms with Gasteiger partial charge in [0.05, 0.1) is 11.7 Å². The van der Waals surface area contributed by atoms with Crippen molar-refractivity contribution in [1.82, 2.24) is 13.7 Å². The van der Waals surface area contributed by atoms with E-state index in [9.17, 15) is 0 Å². The average Bonchev–Trinajstić information content (AvgIpc) is 2.88. The van der Waals surface area contributed by atoms with Crippen LogP contribution in [0.1, 0.15) is 19.8 Å². The van der Waals surface area contributed by atoms with Crippen molar-refractivity contribution in [3.05, 3.63) is 36.7 Å². The van der Waals surface area contributed by atoms with Crippen molar-refractivity contribution in [3.8, 4) is 17.1 Å². The standard InChI is InChI=1S/C13H15N3OS/c1-2-3-4-5-9-17-13-12(15-18-16-13)11-7-6-8-14-10-11/h4-8,10H,2-3,9H2,1H3/b5-4-. The second-order valence-corrected chi connectivity index (χ2v) is 4.26. The van der Waals surface area contributed by atoms with E-state index in [1.54, 1.807) is 12.4 Å². The molecule has 2 aromatic heterocycles. The van der Waals surface area contributed by atoms with E-state index in [4.69, 9.17) is 4.74 Å². The lowest BCUT2D eigenvalue weighted by atomic mass is 10.2. The van der Waals surface area contributed by atoms with Gasteiger partial charge in [-0.3, -0.25) is 4.98 Å². The minimum atomic E-state index is 0.526. The van der Waals surface area contributed by atoms with Gasteiger partial charge in [-0.05, 0) is 18.6 Å². The Morgan fingerprint density at radius 2 is 2.28 bits per heavy atom. The van der Waals surface area contributed by atoms with Crippen molar-refractivity contribution < 1.29 is 4.74 Å². The number of ether oxygens (including phenoxy) is 1. The van der Waals surface area contributed by atoms with Crippen molar-refractivity contribution in [2.75, 3.05) is 6.61 Å². The van der Waals surface area contributed by atoms with E-state index in [-0.39, 0.29) is 0 Å². The number of allylic oxidation sites excluding steroid dienone is 1. The SMILES string of the molecule is CCC/C=C\COc1nsnc1-c1cccnc1. The molecular weight excluding hydrogens is 246 g/mol. The van der Waals surface area contributed by atoms with Gasteiger partial charge in [0.2, 0.25) is 0 Å². The molecule has 0 aromatic carbocycles. The minimum Gasteiger partial charge on any atom is -0.471 e. The van der Waals surface area contributed by atoms with Gasteiger partial charge in [-0.1, -0.05) is 25.5 Å². The van der Waals surface area contributed by atoms with Gasteiger partial charge in [0.25, 0.3) is 5.88 Å². The van der Waals surface area contributed by atoms with Crippen LogP contribution >= 0.6 is 11.7 Å². The topological polar surface area (TPSA) is 47.9 Å². The van der Waals surface area contributed by atoms with Gasteiger partial charge in [-0.15, -0.1) is 4.37 Å². The van der Waals surface area contributed by atoms with Crippen LogP contribution in [0.25, 0.3) is 11.3 Å². The van der Waals surface area contributed by atoms with Crippen molar-refractivity contribution in [2.45, 2.75) is 19.8 Å². The second-order valence-electron chi connectivity index (χ2n) is 3.73. The first kappa shape index (κ1) is 12.7. The predicted molar refractivity (Wildman–Crippen MR) is 72.7 cm³/mol. The zero-order valence-electron chi connectivity index (χ0n) is 10.2. The second kappa shape index (κ2) is 6.86. The van der Waals surface area contributed by atoms with Crippen LogP contribution in [0.3, 0.4) is 0 Å². The van der Waals surface area contributed by atoms with Crippen molar-refractivity contribution >= 4 is 11.7 Å². The number of aromatic nitrogens is 3. The van der Waals surface area contributed by atoms with Gasteiger partial charge in [-0.25, -0.2) is 0 Å². The molecule has 0 amide bonds. The molecule has 0 aliphatic heterocycles. The molecule has 0 aliphatic carbocycles. The highest BCUT2D eigenvalue weighted by Gasteiger charge is 2.10. The van der Waals surface area contributed by atoms with Gasteiger partial charge < -0.3 is 4.74 Å². The summed E-state index contributed by atoms with van der Waals surface area (Å²) in [4.78, 5) is 4.07. The molecule has 0 saturated carbocycles. The molecule has 4 nitrogen and oxygen atoms in total. The Morgan fingerprint density at radius 3 is 3.06 bits per heavy atom. The van der Waals surface area contributed by atoms with E-state index >= 15 is 0 Å². The van der Waals surface area contributed by atoms with E-state index in [0.717, 1.165) is 35.8 Å². The Morgan fingerprint density at radius 1 is 1.33 bits per heavy atom. The summed E-state index contributed by atoms with van der Waals surface area (Å²) in [5.41, 5.74) is 1.69. The molecule has 0 bridgehead atoms. The molecule has 94 valence electrons. The number of hydrogen-bond donors (Lipinski definition) is 0. The Kier molecular flexibility index (Phi) is 4.84. The zero-order valence-corrected chi connectivity index (χ0v) is 11.1. The summed E-state index contributed by atoms with van der Waals surface area (Å²) in [5, 5.41) is 0. The number of pyridine rings is 1. The third-order valence-corrected chi connectivity index (χ3v) is 2.84. The molecule has 0 N–H and O–H groups in total. The van der Waals surface area contributed by atoms with Crippen LogP contribution in [0.2, 0.25) is 0 Å². The molecule has 18 heavy (non-hydrogen) atoms. The monoisotopic (exact) mass is 261 g/mol. The lowest BCUT2D eigenvalue weighted by molar-refractivity contribution is 0.353. The molecule has 2 rings (SSSR count). The Balaban J connectivity index is 2.00. The van der Waals surface area contributed by atoms with Crippen LogP contribution in [0, 0.1) is 0 Å². The smallest absolute Gasteiger partial charge is 0.254 e. The predicted octanol–water partition coefficient (Wildman–Crippen LogP) is 3.34. The van der Waals surface area contributed by atoms with Crippen LogP contribution in [-0.4, -0.2) is 20.3 Å². The van der Waals surface area contributed by atoms with Gasteiger partial charge in [-0.2, -0.15) is 4.37 Å². The Bertz CT molecular complexity index is 496. The van der Waals surface area contributed by atoms with Gasteiger partial charge in [0.15, 0.2) is 0 Å². The first-order valence-corrected chi connectivity index (χ1v) is 6.65. The number of nitrogens with zero attached hydrogens (tertiary/aromatic N) is 3. The molecule has 0 radical (unpaired) electrons. The van der Waals surface area contributed by atoms with E-state index in [1.807, 2.05) is 18.2 Å². The fraction of sp³-hybridized carbons (Fsp3) is 0.308. The Labute approximate surface area is 111 Å². The van der Waals surface area contributed by atoms with Crippen molar-refractivity contribution in [3.63, 3.8) is 0 Å². The van der Waals surface area contributed by atoms with E-state index in [0.29, 0.717) is 12.5 Å². The lowest BCUT2D eigenvalue weighted by Crippen LogP contribution is -1.95. The molecule has 0 saturated heterocycles. The van der Waals surface area contributed by atoms with Gasteiger partial charge in [0.1, 0.15) is 12.3 Å². The van der Waals surface area contributed by atoms with E-state index in [1.165, 1.54) is 0 Å². The van der Waals surface area contributed by atoms with Crippen LogP contribution in [0.5, 0.6) is 5.88 Å². The summed E-state index contributed by atoms with van der Waals surface area (Å²) in [6.45, 7) is 2.68. The Hall–Kier alpha value is -1.75. The minimum absolute atomic E-state index is 0.526. The molecule has 2 heterocycles. The van der Waals surface area contributed by atoms with Crippen LogP contribution in [0.4, 0.5) is 0 Å². The summed E-state index contributed by atoms with van der Waals surface area (Å²) in [6, 6.07) is 3.82. The fourth-order valence-electron chi connectivity index (χ4n) is 1.43. The van der Waals surface area contributed by atoms with Crippen molar-refractivity contribution in [1.29, 1.82) is 0 Å². The number of rotatable bonds is 6. The average molecular weight is 261 g/mol. The molecule has 0 spiro atoms. The molecule has 0 fully saturated rings. The summed E-state index contributed by atoms with van der Waals surface area (Å²) in [6.07, 6.45) is 9.84. The summed E-state index contributed by atoms with van der Waals surface area (Å²) >= 11 is 1.15. The van der Waals surface area contributed by atoms with Crippen LogP contribution in [0.15, 0.2) is 36.7 Å². The first-order valence-electron chi connectivity index (χ1n) is 5.92. The van der Waals surface area contributed by atoms with Crippen LogP contribution < -0.4 is 4.74 Å². The maximum absolute atomic E-state index is 5.60. The van der Waals surface area contributed by atoms with Gasteiger partial charge >= 0.3 is 0 Å². The lowest BCUT2D eigenvalue weighted by Gasteiger charge is -2.01.